The minimum Gasteiger partial charge on any atom is -0.445 e. The van der Waals surface area contributed by atoms with Crippen molar-refractivity contribution in [2.75, 3.05) is 6.54 Å². The summed E-state index contributed by atoms with van der Waals surface area (Å²) in [4.78, 5) is 11.7. The molecule has 0 saturated carbocycles. The first-order chi connectivity index (χ1) is 11.7. The number of benzene rings is 2. The predicted molar refractivity (Wildman–Crippen MR) is 94.5 cm³/mol. The number of alkyl carbamates (subject to hydrolysis) is 1. The number of nitrogens with zero attached hydrogens (tertiary/aromatic N) is 1. The molecule has 0 radical (unpaired) electrons. The number of rotatable bonds is 5. The van der Waals surface area contributed by atoms with Crippen LogP contribution < -0.4 is 5.32 Å². The van der Waals surface area contributed by atoms with E-state index < -0.39 is 6.09 Å². The molecule has 5 heteroatoms. The summed E-state index contributed by atoms with van der Waals surface area (Å²) in [5, 5.41) is 10.7. The maximum Gasteiger partial charge on any atom is 0.407 e. The Morgan fingerprint density at radius 3 is 2.96 bits per heavy atom. The van der Waals surface area contributed by atoms with Crippen LogP contribution in [0, 0.1) is 6.92 Å². The third-order valence-electron chi connectivity index (χ3n) is 3.70. The van der Waals surface area contributed by atoms with Crippen molar-refractivity contribution in [1.82, 2.24) is 15.5 Å². The molecule has 0 aliphatic carbocycles. The summed E-state index contributed by atoms with van der Waals surface area (Å²) in [6.45, 7) is 2.73. The van der Waals surface area contributed by atoms with Gasteiger partial charge in [0.15, 0.2) is 0 Å². The maximum absolute atomic E-state index is 11.7. The zero-order chi connectivity index (χ0) is 16.8. The van der Waals surface area contributed by atoms with Crippen LogP contribution in [0.1, 0.15) is 16.7 Å². The van der Waals surface area contributed by atoms with Gasteiger partial charge in [0.1, 0.15) is 6.61 Å². The monoisotopic (exact) mass is 321 g/mol. The van der Waals surface area contributed by atoms with E-state index in [1.807, 2.05) is 49.4 Å². The summed E-state index contributed by atoms with van der Waals surface area (Å²) in [6.07, 6.45) is 5.26. The van der Waals surface area contributed by atoms with Crippen LogP contribution in [0.2, 0.25) is 0 Å². The molecule has 0 unspecified atom stereocenters. The summed E-state index contributed by atoms with van der Waals surface area (Å²) < 4.78 is 5.15. The topological polar surface area (TPSA) is 67.0 Å². The molecule has 24 heavy (non-hydrogen) atoms. The molecule has 0 fully saturated rings. The number of H-pyrrole nitrogens is 1. The molecule has 3 rings (SSSR count). The van der Waals surface area contributed by atoms with Crippen LogP contribution in [0.15, 0.2) is 54.7 Å². The fourth-order valence-electron chi connectivity index (χ4n) is 2.40. The van der Waals surface area contributed by atoms with Crippen molar-refractivity contribution in [2.24, 2.45) is 0 Å². The van der Waals surface area contributed by atoms with Crippen LogP contribution in [-0.4, -0.2) is 22.8 Å². The molecule has 2 N–H and O–H groups in total. The number of fused-ring (bicyclic) bond motifs is 1. The van der Waals surface area contributed by atoms with Gasteiger partial charge in [0, 0.05) is 11.9 Å². The highest BCUT2D eigenvalue weighted by Crippen LogP contribution is 2.18. The minimum atomic E-state index is -0.425. The fourth-order valence-corrected chi connectivity index (χ4v) is 2.40. The van der Waals surface area contributed by atoms with Crippen LogP contribution in [-0.2, 0) is 11.3 Å². The molecule has 0 bridgehead atoms. The maximum atomic E-state index is 11.7. The highest BCUT2D eigenvalue weighted by molar-refractivity contribution is 5.82. The SMILES string of the molecule is Cc1cc2[nH]ncc2cc1C=CCNC(=O)OCc1ccccc1. The van der Waals surface area contributed by atoms with Crippen molar-refractivity contribution in [2.45, 2.75) is 13.5 Å². The van der Waals surface area contributed by atoms with Gasteiger partial charge in [-0.15, -0.1) is 0 Å². The Labute approximate surface area is 140 Å². The number of ether oxygens (including phenoxy) is 1. The summed E-state index contributed by atoms with van der Waals surface area (Å²) in [5.41, 5.74) is 4.23. The zero-order valence-corrected chi connectivity index (χ0v) is 13.5. The fraction of sp³-hybridized carbons (Fsp3) is 0.158. The first kappa shape index (κ1) is 15.8. The highest BCUT2D eigenvalue weighted by Gasteiger charge is 2.02. The van der Waals surface area contributed by atoms with E-state index in [4.69, 9.17) is 4.74 Å². The van der Waals surface area contributed by atoms with Gasteiger partial charge in [-0.25, -0.2) is 4.79 Å². The number of aromatic amines is 1. The minimum absolute atomic E-state index is 0.270. The number of aryl methyl sites for hydroxylation is 1. The number of carbonyl (C=O) groups is 1. The van der Waals surface area contributed by atoms with Crippen molar-refractivity contribution >= 4 is 23.1 Å². The summed E-state index contributed by atoms with van der Waals surface area (Å²) in [7, 11) is 0. The molecule has 1 aromatic heterocycles. The van der Waals surface area contributed by atoms with Crippen molar-refractivity contribution in [1.29, 1.82) is 0 Å². The molecular formula is C19H19N3O2. The molecule has 0 aliphatic rings. The van der Waals surface area contributed by atoms with E-state index in [1.165, 1.54) is 0 Å². The Kier molecular flexibility index (Phi) is 4.91. The van der Waals surface area contributed by atoms with Crippen LogP contribution >= 0.6 is 0 Å². The molecule has 0 saturated heterocycles. The van der Waals surface area contributed by atoms with Gasteiger partial charge >= 0.3 is 6.09 Å². The van der Waals surface area contributed by atoms with Crippen molar-refractivity contribution in [3.8, 4) is 0 Å². The van der Waals surface area contributed by atoms with Gasteiger partial charge in [-0.2, -0.15) is 5.10 Å². The number of amides is 1. The number of aromatic nitrogens is 2. The smallest absolute Gasteiger partial charge is 0.407 e. The lowest BCUT2D eigenvalue weighted by Gasteiger charge is -2.05. The molecule has 5 nitrogen and oxygen atoms in total. The lowest BCUT2D eigenvalue weighted by molar-refractivity contribution is 0.141. The average Bonchev–Trinajstić information content (AvgIpc) is 3.05. The largest absolute Gasteiger partial charge is 0.445 e. The lowest BCUT2D eigenvalue weighted by Crippen LogP contribution is -2.24. The Balaban J connectivity index is 1.48. The molecule has 122 valence electrons. The van der Waals surface area contributed by atoms with Crippen molar-refractivity contribution in [3.05, 3.63) is 71.4 Å². The van der Waals surface area contributed by atoms with Crippen LogP contribution in [0.3, 0.4) is 0 Å². The first-order valence-electron chi connectivity index (χ1n) is 7.77. The van der Waals surface area contributed by atoms with E-state index >= 15 is 0 Å². The lowest BCUT2D eigenvalue weighted by atomic mass is 10.1. The van der Waals surface area contributed by atoms with Gasteiger partial charge in [0.2, 0.25) is 0 Å². The van der Waals surface area contributed by atoms with E-state index in [-0.39, 0.29) is 6.61 Å². The second-order valence-electron chi connectivity index (χ2n) is 5.51. The zero-order valence-electron chi connectivity index (χ0n) is 13.5. The van der Waals surface area contributed by atoms with Crippen LogP contribution in [0.4, 0.5) is 4.79 Å². The van der Waals surface area contributed by atoms with Crippen molar-refractivity contribution in [3.63, 3.8) is 0 Å². The quantitative estimate of drug-likeness (QED) is 0.751. The van der Waals surface area contributed by atoms with Gasteiger partial charge in [-0.1, -0.05) is 42.5 Å². The number of carbonyl (C=O) groups excluding carboxylic acids is 1. The molecule has 2 aromatic carbocycles. The molecule has 0 spiro atoms. The van der Waals surface area contributed by atoms with E-state index in [9.17, 15) is 4.79 Å². The summed E-state index contributed by atoms with van der Waals surface area (Å²) in [5.74, 6) is 0. The van der Waals surface area contributed by atoms with Gasteiger partial charge in [0.25, 0.3) is 0 Å². The number of hydrogen-bond donors (Lipinski definition) is 2. The Morgan fingerprint density at radius 2 is 2.12 bits per heavy atom. The third kappa shape index (κ3) is 4.01. The Morgan fingerprint density at radius 1 is 1.29 bits per heavy atom. The predicted octanol–water partition coefficient (Wildman–Crippen LogP) is 3.81. The second kappa shape index (κ2) is 7.46. The molecule has 0 aliphatic heterocycles. The van der Waals surface area contributed by atoms with Gasteiger partial charge in [-0.3, -0.25) is 5.10 Å². The van der Waals surface area contributed by atoms with Crippen LogP contribution in [0.25, 0.3) is 17.0 Å². The number of hydrogen-bond acceptors (Lipinski definition) is 3. The molecular weight excluding hydrogens is 302 g/mol. The molecule has 1 amide bonds. The average molecular weight is 321 g/mol. The van der Waals surface area contributed by atoms with Gasteiger partial charge in [-0.05, 0) is 35.7 Å². The van der Waals surface area contributed by atoms with Gasteiger partial charge in [0.05, 0.1) is 11.7 Å². The van der Waals surface area contributed by atoms with E-state index in [1.54, 1.807) is 6.20 Å². The van der Waals surface area contributed by atoms with E-state index in [0.29, 0.717) is 6.54 Å². The first-order valence-corrected chi connectivity index (χ1v) is 7.77. The molecule has 3 aromatic rings. The van der Waals surface area contributed by atoms with Crippen molar-refractivity contribution < 1.29 is 9.53 Å². The van der Waals surface area contributed by atoms with Crippen LogP contribution in [0.5, 0.6) is 0 Å². The summed E-state index contributed by atoms with van der Waals surface area (Å²) >= 11 is 0. The van der Waals surface area contributed by atoms with Gasteiger partial charge < -0.3 is 10.1 Å². The Bertz CT molecular complexity index is 853. The number of nitrogens with one attached hydrogen (secondary N) is 2. The molecule has 1 heterocycles. The van der Waals surface area contributed by atoms with E-state index in [0.717, 1.165) is 27.6 Å². The Hall–Kier alpha value is -3.08. The normalized spacial score (nSPS) is 11.0. The summed E-state index contributed by atoms with van der Waals surface area (Å²) in [6, 6.07) is 13.7. The third-order valence-corrected chi connectivity index (χ3v) is 3.70. The highest BCUT2D eigenvalue weighted by atomic mass is 16.5. The van der Waals surface area contributed by atoms with E-state index in [2.05, 4.69) is 27.6 Å². The second-order valence-corrected chi connectivity index (χ2v) is 5.51. The standard InChI is InChI=1S/C19H19N3O2/c1-14-10-18-17(12-21-22-18)11-16(14)8-5-9-20-19(23)24-13-15-6-3-2-4-7-15/h2-8,10-12H,9,13H2,1H3,(H,20,23)(H,21,22). The molecule has 0 atom stereocenters.